The van der Waals surface area contributed by atoms with Gasteiger partial charge in [-0.25, -0.2) is 9.37 Å². The molecule has 1 unspecified atom stereocenters. The largest absolute Gasteiger partial charge is 0.480 e. The summed E-state index contributed by atoms with van der Waals surface area (Å²) < 4.78 is 19.0. The highest BCUT2D eigenvalue weighted by Crippen LogP contribution is 2.28. The molecule has 0 amide bonds. The Balaban J connectivity index is 2.27. The Labute approximate surface area is 112 Å². The highest BCUT2D eigenvalue weighted by Gasteiger charge is 2.15. The molecule has 4 heteroatoms. The van der Waals surface area contributed by atoms with Gasteiger partial charge < -0.3 is 10.1 Å². The normalized spacial score (nSPS) is 11.9. The van der Waals surface area contributed by atoms with E-state index in [9.17, 15) is 4.39 Å². The quantitative estimate of drug-likeness (QED) is 0.888. The zero-order chi connectivity index (χ0) is 13.7. The third-order valence-corrected chi connectivity index (χ3v) is 2.98. The van der Waals surface area contributed by atoms with Crippen molar-refractivity contribution in [3.63, 3.8) is 0 Å². The average molecular weight is 260 g/mol. The maximum atomic E-state index is 13.8. The summed E-state index contributed by atoms with van der Waals surface area (Å²) in [7, 11) is 1.57. The van der Waals surface area contributed by atoms with E-state index in [1.807, 2.05) is 25.1 Å². The Kier molecular flexibility index (Phi) is 4.34. The molecule has 0 aliphatic carbocycles. The molecule has 2 rings (SSSR count). The SMILES string of the molecule is CCC(Nc1cccnc1OC)c1ccccc1F. The highest BCUT2D eigenvalue weighted by molar-refractivity contribution is 5.53. The van der Waals surface area contributed by atoms with Crippen LogP contribution in [0.15, 0.2) is 42.6 Å². The number of anilines is 1. The van der Waals surface area contributed by atoms with Gasteiger partial charge in [0.15, 0.2) is 0 Å². The van der Waals surface area contributed by atoms with Crippen molar-refractivity contribution in [3.05, 3.63) is 54.0 Å². The third kappa shape index (κ3) is 3.02. The molecule has 0 aliphatic heterocycles. The van der Waals surface area contributed by atoms with Gasteiger partial charge in [0.05, 0.1) is 18.8 Å². The van der Waals surface area contributed by atoms with Gasteiger partial charge in [0.2, 0.25) is 5.88 Å². The standard InChI is InChI=1S/C15H17FN2O/c1-3-13(11-7-4-5-8-12(11)16)18-14-9-6-10-17-15(14)19-2/h4-10,13,18H,3H2,1-2H3. The molecule has 0 radical (unpaired) electrons. The van der Waals surface area contributed by atoms with E-state index in [4.69, 9.17) is 4.74 Å². The van der Waals surface area contributed by atoms with Crippen LogP contribution in [0.2, 0.25) is 0 Å². The molecule has 0 saturated carbocycles. The number of hydrogen-bond donors (Lipinski definition) is 1. The van der Waals surface area contributed by atoms with Crippen LogP contribution < -0.4 is 10.1 Å². The van der Waals surface area contributed by atoms with Gasteiger partial charge in [0.25, 0.3) is 0 Å². The van der Waals surface area contributed by atoms with Crippen molar-refractivity contribution in [1.82, 2.24) is 4.98 Å². The Morgan fingerprint density at radius 2 is 2.05 bits per heavy atom. The second kappa shape index (κ2) is 6.18. The number of ether oxygens (including phenoxy) is 1. The zero-order valence-corrected chi connectivity index (χ0v) is 11.1. The predicted octanol–water partition coefficient (Wildman–Crippen LogP) is 3.79. The van der Waals surface area contributed by atoms with Gasteiger partial charge in [-0.2, -0.15) is 0 Å². The molecule has 3 nitrogen and oxygen atoms in total. The number of halogens is 1. The molecule has 100 valence electrons. The molecular weight excluding hydrogens is 243 g/mol. The number of aromatic nitrogens is 1. The van der Waals surface area contributed by atoms with Crippen LogP contribution in [0.3, 0.4) is 0 Å². The van der Waals surface area contributed by atoms with Gasteiger partial charge in [-0.1, -0.05) is 25.1 Å². The van der Waals surface area contributed by atoms with Crippen LogP contribution >= 0.6 is 0 Å². The van der Waals surface area contributed by atoms with Crippen LogP contribution in [-0.4, -0.2) is 12.1 Å². The molecule has 1 aromatic heterocycles. The minimum absolute atomic E-state index is 0.112. The molecule has 0 bridgehead atoms. The number of rotatable bonds is 5. The lowest BCUT2D eigenvalue weighted by Crippen LogP contribution is -2.12. The van der Waals surface area contributed by atoms with Gasteiger partial charge in [-0.05, 0) is 24.6 Å². The second-order valence-corrected chi connectivity index (χ2v) is 4.19. The van der Waals surface area contributed by atoms with Gasteiger partial charge in [0, 0.05) is 11.8 Å². The lowest BCUT2D eigenvalue weighted by atomic mass is 10.0. The van der Waals surface area contributed by atoms with Crippen LogP contribution in [0.1, 0.15) is 24.9 Å². The van der Waals surface area contributed by atoms with E-state index in [2.05, 4.69) is 10.3 Å². The number of pyridine rings is 1. The van der Waals surface area contributed by atoms with Gasteiger partial charge in [-0.3, -0.25) is 0 Å². The lowest BCUT2D eigenvalue weighted by Gasteiger charge is -2.20. The second-order valence-electron chi connectivity index (χ2n) is 4.19. The number of nitrogens with zero attached hydrogens (tertiary/aromatic N) is 1. The number of benzene rings is 1. The molecule has 1 N–H and O–H groups in total. The first-order valence-electron chi connectivity index (χ1n) is 6.26. The molecule has 0 fully saturated rings. The van der Waals surface area contributed by atoms with Crippen LogP contribution in [0, 0.1) is 5.82 Å². The third-order valence-electron chi connectivity index (χ3n) is 2.98. The fourth-order valence-corrected chi connectivity index (χ4v) is 2.01. The zero-order valence-electron chi connectivity index (χ0n) is 11.1. The summed E-state index contributed by atoms with van der Waals surface area (Å²) in [4.78, 5) is 4.12. The topological polar surface area (TPSA) is 34.2 Å². The van der Waals surface area contributed by atoms with Crippen LogP contribution in [0.5, 0.6) is 5.88 Å². The van der Waals surface area contributed by atoms with Gasteiger partial charge >= 0.3 is 0 Å². The van der Waals surface area contributed by atoms with Crippen molar-refractivity contribution in [1.29, 1.82) is 0 Å². The smallest absolute Gasteiger partial charge is 0.237 e. The number of methoxy groups -OCH3 is 1. The molecule has 0 spiro atoms. The highest BCUT2D eigenvalue weighted by atomic mass is 19.1. The fraction of sp³-hybridized carbons (Fsp3) is 0.267. The molecule has 19 heavy (non-hydrogen) atoms. The predicted molar refractivity (Wildman–Crippen MR) is 73.8 cm³/mol. The van der Waals surface area contributed by atoms with E-state index in [-0.39, 0.29) is 11.9 Å². The summed E-state index contributed by atoms with van der Waals surface area (Å²) >= 11 is 0. The van der Waals surface area contributed by atoms with Crippen molar-refractivity contribution in [3.8, 4) is 5.88 Å². The van der Waals surface area contributed by atoms with Gasteiger partial charge in [0.1, 0.15) is 5.82 Å². The molecule has 1 heterocycles. The number of hydrogen-bond acceptors (Lipinski definition) is 3. The maximum absolute atomic E-state index is 13.8. The maximum Gasteiger partial charge on any atom is 0.237 e. The summed E-state index contributed by atoms with van der Waals surface area (Å²) in [6.07, 6.45) is 2.42. The molecule has 1 atom stereocenters. The molecular formula is C15H17FN2O. The van der Waals surface area contributed by atoms with E-state index in [1.165, 1.54) is 6.07 Å². The van der Waals surface area contributed by atoms with Crippen LogP contribution in [0.25, 0.3) is 0 Å². The first-order chi connectivity index (χ1) is 9.26. The minimum atomic E-state index is -0.204. The fourth-order valence-electron chi connectivity index (χ4n) is 2.01. The van der Waals surface area contributed by atoms with E-state index in [1.54, 1.807) is 25.4 Å². The lowest BCUT2D eigenvalue weighted by molar-refractivity contribution is 0.399. The van der Waals surface area contributed by atoms with Crippen molar-refractivity contribution >= 4 is 5.69 Å². The molecule has 0 aliphatic rings. The first-order valence-corrected chi connectivity index (χ1v) is 6.26. The van der Waals surface area contributed by atoms with E-state index in [0.29, 0.717) is 11.4 Å². The Morgan fingerprint density at radius 3 is 2.74 bits per heavy atom. The Bertz CT molecular complexity index is 545. The Hall–Kier alpha value is -2.10. The van der Waals surface area contributed by atoms with E-state index in [0.717, 1.165) is 12.1 Å². The molecule has 1 aromatic carbocycles. The summed E-state index contributed by atoms with van der Waals surface area (Å²) in [6, 6.07) is 10.4. The summed E-state index contributed by atoms with van der Waals surface area (Å²) in [5, 5.41) is 3.28. The monoisotopic (exact) mass is 260 g/mol. The van der Waals surface area contributed by atoms with Crippen molar-refractivity contribution in [2.75, 3.05) is 12.4 Å². The summed E-state index contributed by atoms with van der Waals surface area (Å²) in [5.74, 6) is 0.307. The summed E-state index contributed by atoms with van der Waals surface area (Å²) in [5.41, 5.74) is 1.41. The van der Waals surface area contributed by atoms with Crippen LogP contribution in [-0.2, 0) is 0 Å². The molecule has 2 aromatic rings. The average Bonchev–Trinajstić information content (AvgIpc) is 2.46. The number of nitrogens with one attached hydrogen (secondary N) is 1. The van der Waals surface area contributed by atoms with E-state index >= 15 is 0 Å². The summed E-state index contributed by atoms with van der Waals surface area (Å²) in [6.45, 7) is 2.01. The van der Waals surface area contributed by atoms with Crippen molar-refractivity contribution in [2.45, 2.75) is 19.4 Å². The van der Waals surface area contributed by atoms with Crippen molar-refractivity contribution < 1.29 is 9.13 Å². The van der Waals surface area contributed by atoms with Gasteiger partial charge in [-0.15, -0.1) is 0 Å². The van der Waals surface area contributed by atoms with Crippen molar-refractivity contribution in [2.24, 2.45) is 0 Å². The molecule has 0 saturated heterocycles. The minimum Gasteiger partial charge on any atom is -0.480 e. The first kappa shape index (κ1) is 13.3. The van der Waals surface area contributed by atoms with Crippen LogP contribution in [0.4, 0.5) is 10.1 Å². The van der Waals surface area contributed by atoms with E-state index < -0.39 is 0 Å². The Morgan fingerprint density at radius 1 is 1.26 bits per heavy atom.